The number of piperidine rings is 1. The van der Waals surface area contributed by atoms with Crippen LogP contribution in [-0.2, 0) is 24.2 Å². The molecule has 6 rings (SSSR count). The molecule has 3 atom stereocenters. The number of carbonyl (C=O) groups excluding carboxylic acids is 1. The highest BCUT2D eigenvalue weighted by atomic mass is 79.9. The van der Waals surface area contributed by atoms with E-state index in [1.165, 1.54) is 10.5 Å². The summed E-state index contributed by atoms with van der Waals surface area (Å²) in [6.45, 7) is 2.60. The summed E-state index contributed by atoms with van der Waals surface area (Å²) in [6, 6.07) is 7.29. The second kappa shape index (κ2) is 12.7. The van der Waals surface area contributed by atoms with Crippen molar-refractivity contribution >= 4 is 39.5 Å². The van der Waals surface area contributed by atoms with Crippen molar-refractivity contribution in [2.24, 2.45) is 0 Å². The smallest absolute Gasteiger partial charge is 0.408 e. The van der Waals surface area contributed by atoms with Crippen molar-refractivity contribution in [3.8, 4) is 0 Å². The fraction of sp³-hybridized carbons (Fsp3) is 0.484. The number of amides is 2. The van der Waals surface area contributed by atoms with Gasteiger partial charge in [-0.25, -0.2) is 9.78 Å². The molecule has 2 aliphatic heterocycles. The van der Waals surface area contributed by atoms with Crippen LogP contribution in [0.4, 0.5) is 4.79 Å². The molecule has 1 N–H and O–H groups in total. The number of carbonyl (C=O) groups is 2. The van der Waals surface area contributed by atoms with Crippen LogP contribution in [0.2, 0.25) is 5.02 Å². The van der Waals surface area contributed by atoms with Crippen LogP contribution < -0.4 is 0 Å². The molecule has 4 heterocycles. The van der Waals surface area contributed by atoms with Crippen molar-refractivity contribution in [1.29, 1.82) is 0 Å². The van der Waals surface area contributed by atoms with Crippen molar-refractivity contribution in [2.75, 3.05) is 26.2 Å². The van der Waals surface area contributed by atoms with Crippen LogP contribution >= 0.6 is 27.5 Å². The average Bonchev–Trinajstić information content (AvgIpc) is 3.46. The van der Waals surface area contributed by atoms with Gasteiger partial charge in [0.2, 0.25) is 5.91 Å². The number of fused-ring (bicyclic) bond motifs is 2. The monoisotopic (exact) mass is 654 g/mol. The van der Waals surface area contributed by atoms with Gasteiger partial charge in [0, 0.05) is 66.9 Å². The Morgan fingerprint density at radius 1 is 1.07 bits per heavy atom. The molecule has 0 radical (unpaired) electrons. The normalized spacial score (nSPS) is 22.8. The van der Waals surface area contributed by atoms with Crippen LogP contribution in [0.3, 0.4) is 0 Å². The van der Waals surface area contributed by atoms with Crippen LogP contribution in [0.5, 0.6) is 0 Å². The number of aryl methyl sites for hydroxylation is 3. The Balaban J connectivity index is 1.28. The molecule has 2 saturated heterocycles. The summed E-state index contributed by atoms with van der Waals surface area (Å²) in [5.74, 6) is -0.0802. The van der Waals surface area contributed by atoms with Gasteiger partial charge in [-0.1, -0.05) is 17.7 Å². The van der Waals surface area contributed by atoms with E-state index in [0.717, 1.165) is 72.8 Å². The van der Waals surface area contributed by atoms with Gasteiger partial charge in [-0.3, -0.25) is 19.6 Å². The standard InChI is InChI=1S/C31H36BrClN6O3/c32-23-16-22-7-6-21-17-24(33)8-9-26(21)29(28(22)35-18-23)37-14-15-39(31(41)42)27(19-37)30(40)38-12-2-1-4-25(38)5-3-11-36-13-10-34-20-36/h8-10,13,16-18,20,25,27,29H,1-7,11-12,14-15,19H2,(H,41,42)/t25?,27-,29?/m1/s1. The van der Waals surface area contributed by atoms with Gasteiger partial charge in [0.1, 0.15) is 6.04 Å². The highest BCUT2D eigenvalue weighted by Crippen LogP contribution is 2.39. The lowest BCUT2D eigenvalue weighted by Crippen LogP contribution is -2.63. The number of imidazole rings is 1. The molecule has 2 fully saturated rings. The Bertz CT molecular complexity index is 1380. The second-order valence-corrected chi connectivity index (χ2v) is 12.9. The maximum absolute atomic E-state index is 14.3. The van der Waals surface area contributed by atoms with E-state index in [-0.39, 0.29) is 24.5 Å². The summed E-state index contributed by atoms with van der Waals surface area (Å²) in [6.07, 6.45) is 12.8. The summed E-state index contributed by atoms with van der Waals surface area (Å²) in [7, 11) is 0. The molecule has 42 heavy (non-hydrogen) atoms. The molecule has 0 saturated carbocycles. The van der Waals surface area contributed by atoms with Crippen molar-refractivity contribution in [2.45, 2.75) is 69.6 Å². The zero-order valence-electron chi connectivity index (χ0n) is 23.5. The van der Waals surface area contributed by atoms with Gasteiger partial charge in [0.05, 0.1) is 18.1 Å². The lowest BCUT2D eigenvalue weighted by atomic mass is 9.94. The van der Waals surface area contributed by atoms with Crippen LogP contribution in [0, 0.1) is 0 Å². The first-order valence-corrected chi connectivity index (χ1v) is 16.0. The predicted octanol–water partition coefficient (Wildman–Crippen LogP) is 5.41. The van der Waals surface area contributed by atoms with Gasteiger partial charge in [-0.15, -0.1) is 0 Å². The Labute approximate surface area is 259 Å². The number of nitrogens with zero attached hydrogens (tertiary/aromatic N) is 6. The summed E-state index contributed by atoms with van der Waals surface area (Å²) in [5.41, 5.74) is 4.40. The number of rotatable bonds is 6. The molecular weight excluding hydrogens is 620 g/mol. The Kier molecular flexibility index (Phi) is 8.83. The van der Waals surface area contributed by atoms with Crippen molar-refractivity contribution in [3.63, 3.8) is 0 Å². The van der Waals surface area contributed by atoms with E-state index >= 15 is 0 Å². The number of hydrogen-bond donors (Lipinski definition) is 1. The van der Waals surface area contributed by atoms with E-state index in [0.29, 0.717) is 24.7 Å². The fourth-order valence-corrected chi connectivity index (χ4v) is 7.55. The molecule has 2 aromatic heterocycles. The van der Waals surface area contributed by atoms with Crippen LogP contribution in [0.15, 0.2) is 53.7 Å². The number of piperazine rings is 1. The molecule has 2 amide bonds. The minimum atomic E-state index is -1.04. The average molecular weight is 656 g/mol. The third-order valence-corrected chi connectivity index (χ3v) is 9.69. The lowest BCUT2D eigenvalue weighted by Gasteiger charge is -2.46. The second-order valence-electron chi connectivity index (χ2n) is 11.6. The van der Waals surface area contributed by atoms with Crippen molar-refractivity contribution in [3.05, 3.63) is 81.1 Å². The number of hydrogen-bond acceptors (Lipinski definition) is 5. The highest BCUT2D eigenvalue weighted by molar-refractivity contribution is 9.10. The van der Waals surface area contributed by atoms with Crippen molar-refractivity contribution < 1.29 is 14.7 Å². The molecule has 0 spiro atoms. The largest absolute Gasteiger partial charge is 0.465 e. The highest BCUT2D eigenvalue weighted by Gasteiger charge is 2.43. The SMILES string of the molecule is O=C([C@H]1CN(C2c3ccc(Cl)cc3CCc3cc(Br)cnc32)CCN1C(=O)O)N1CCCCC1CCCn1ccnc1. The Morgan fingerprint density at radius 2 is 1.93 bits per heavy atom. The van der Waals surface area contributed by atoms with Gasteiger partial charge >= 0.3 is 6.09 Å². The summed E-state index contributed by atoms with van der Waals surface area (Å²) in [5, 5.41) is 10.9. The number of aromatic nitrogens is 3. The number of pyridine rings is 1. The van der Waals surface area contributed by atoms with E-state index in [1.54, 1.807) is 6.20 Å². The van der Waals surface area contributed by atoms with Gasteiger partial charge in [-0.2, -0.15) is 0 Å². The lowest BCUT2D eigenvalue weighted by molar-refractivity contribution is -0.143. The molecule has 1 aliphatic carbocycles. The first-order chi connectivity index (χ1) is 20.4. The third-order valence-electron chi connectivity index (χ3n) is 9.02. The molecule has 1 aromatic carbocycles. The maximum Gasteiger partial charge on any atom is 0.408 e. The predicted molar refractivity (Wildman–Crippen MR) is 164 cm³/mol. The van der Waals surface area contributed by atoms with E-state index in [9.17, 15) is 14.7 Å². The number of halogens is 2. The minimum absolute atomic E-state index is 0.0802. The molecule has 11 heteroatoms. The maximum atomic E-state index is 14.3. The number of carboxylic acid groups (broad SMARTS) is 1. The fourth-order valence-electron chi connectivity index (χ4n) is 6.97. The van der Waals surface area contributed by atoms with E-state index in [2.05, 4.69) is 42.5 Å². The van der Waals surface area contributed by atoms with Crippen LogP contribution in [-0.4, -0.2) is 84.6 Å². The summed E-state index contributed by atoms with van der Waals surface area (Å²) in [4.78, 5) is 41.3. The Hall–Kier alpha value is -2.95. The van der Waals surface area contributed by atoms with Gasteiger partial charge in [-0.05, 0) is 95.8 Å². The third kappa shape index (κ3) is 6.07. The zero-order chi connectivity index (χ0) is 29.2. The topological polar surface area (TPSA) is 94.8 Å². The molecule has 9 nitrogen and oxygen atoms in total. The number of benzene rings is 1. The van der Waals surface area contributed by atoms with Crippen LogP contribution in [0.25, 0.3) is 0 Å². The van der Waals surface area contributed by atoms with Gasteiger partial charge in [0.15, 0.2) is 0 Å². The molecular formula is C31H36BrClN6O3. The van der Waals surface area contributed by atoms with E-state index in [4.69, 9.17) is 16.6 Å². The van der Waals surface area contributed by atoms with Gasteiger partial charge in [0.25, 0.3) is 0 Å². The Morgan fingerprint density at radius 3 is 2.74 bits per heavy atom. The van der Waals surface area contributed by atoms with Crippen LogP contribution in [0.1, 0.15) is 60.5 Å². The minimum Gasteiger partial charge on any atom is -0.465 e. The first kappa shape index (κ1) is 29.1. The summed E-state index contributed by atoms with van der Waals surface area (Å²) < 4.78 is 2.99. The molecule has 3 aliphatic rings. The quantitative estimate of drug-likeness (QED) is 0.382. The van der Waals surface area contributed by atoms with Gasteiger partial charge < -0.3 is 14.6 Å². The molecule has 3 aromatic rings. The number of likely N-dealkylation sites (tertiary alicyclic amines) is 1. The zero-order valence-corrected chi connectivity index (χ0v) is 25.9. The molecule has 2 unspecified atom stereocenters. The summed E-state index contributed by atoms with van der Waals surface area (Å²) >= 11 is 10.0. The molecule has 0 bridgehead atoms. The molecule has 222 valence electrons. The van der Waals surface area contributed by atoms with E-state index in [1.807, 2.05) is 35.8 Å². The van der Waals surface area contributed by atoms with E-state index < -0.39 is 12.1 Å². The first-order valence-electron chi connectivity index (χ1n) is 14.8. The van der Waals surface area contributed by atoms with Crippen molar-refractivity contribution in [1.82, 2.24) is 29.2 Å².